The molecule has 10 nitrogen and oxygen atoms in total. The van der Waals surface area contributed by atoms with Gasteiger partial charge in [0.2, 0.25) is 11.8 Å². The number of hydrogen-bond acceptors (Lipinski definition) is 8. The molecule has 2 atom stereocenters. The molecule has 0 spiro atoms. The van der Waals surface area contributed by atoms with Crippen molar-refractivity contribution in [2.24, 2.45) is 0 Å². The Bertz CT molecular complexity index is 1080. The number of ether oxygens (including phenoxy) is 3. The second-order valence-corrected chi connectivity index (χ2v) is 7.59. The predicted molar refractivity (Wildman–Crippen MR) is 125 cm³/mol. The zero-order chi connectivity index (χ0) is 26.0. The molecule has 186 valence electrons. The van der Waals surface area contributed by atoms with Crippen molar-refractivity contribution in [3.63, 3.8) is 0 Å². The van der Waals surface area contributed by atoms with E-state index in [1.54, 1.807) is 0 Å². The monoisotopic (exact) mass is 484 g/mol. The van der Waals surface area contributed by atoms with E-state index in [0.29, 0.717) is 5.56 Å². The zero-order valence-corrected chi connectivity index (χ0v) is 20.0. The summed E-state index contributed by atoms with van der Waals surface area (Å²) in [5.74, 6) is -3.22. The van der Waals surface area contributed by atoms with E-state index < -0.39 is 41.8 Å². The quantitative estimate of drug-likeness (QED) is 0.379. The standard InChI is InChI=1S/C25H28N2O8/c1-15(28)26-20(14-17-10-11-18(23(30)33-2)19(12-17)24(31)34-3)22(29)27-21(25(32)35-4)13-16-8-6-5-7-9-16/h5-12,20-21H,13-14H2,1-4H3,(H,26,28)(H,27,29)/t20-,21-/m0/s1. The third-order valence-corrected chi connectivity index (χ3v) is 5.11. The Morgan fingerprint density at radius 2 is 1.31 bits per heavy atom. The van der Waals surface area contributed by atoms with Crippen LogP contribution in [0.25, 0.3) is 0 Å². The van der Waals surface area contributed by atoms with E-state index in [9.17, 15) is 24.0 Å². The number of hydrogen-bond donors (Lipinski definition) is 2. The number of esters is 3. The molecule has 2 aromatic rings. The summed E-state index contributed by atoms with van der Waals surface area (Å²) in [4.78, 5) is 61.4. The number of nitrogens with one attached hydrogen (secondary N) is 2. The van der Waals surface area contributed by atoms with Gasteiger partial charge in [-0.05, 0) is 23.3 Å². The van der Waals surface area contributed by atoms with Gasteiger partial charge in [-0.1, -0.05) is 36.4 Å². The van der Waals surface area contributed by atoms with Crippen LogP contribution in [-0.4, -0.2) is 63.1 Å². The molecule has 2 aromatic carbocycles. The Labute approximate surface area is 202 Å². The minimum absolute atomic E-state index is 0.00255. The van der Waals surface area contributed by atoms with Crippen molar-refractivity contribution in [3.05, 3.63) is 70.8 Å². The Hall–Kier alpha value is -4.21. The highest BCUT2D eigenvalue weighted by molar-refractivity contribution is 6.03. The van der Waals surface area contributed by atoms with Crippen LogP contribution >= 0.6 is 0 Å². The highest BCUT2D eigenvalue weighted by atomic mass is 16.5. The number of carbonyl (C=O) groups is 5. The van der Waals surface area contributed by atoms with Gasteiger partial charge in [-0.25, -0.2) is 14.4 Å². The first-order valence-corrected chi connectivity index (χ1v) is 10.7. The lowest BCUT2D eigenvalue weighted by atomic mass is 9.98. The highest BCUT2D eigenvalue weighted by Crippen LogP contribution is 2.17. The number of methoxy groups -OCH3 is 3. The number of benzene rings is 2. The third-order valence-electron chi connectivity index (χ3n) is 5.11. The summed E-state index contributed by atoms with van der Waals surface area (Å²) < 4.78 is 14.3. The van der Waals surface area contributed by atoms with Gasteiger partial charge in [-0.2, -0.15) is 0 Å². The molecule has 0 aliphatic carbocycles. The Morgan fingerprint density at radius 3 is 1.89 bits per heavy atom. The molecule has 2 amide bonds. The maximum Gasteiger partial charge on any atom is 0.338 e. The molecular weight excluding hydrogens is 456 g/mol. The average molecular weight is 485 g/mol. The van der Waals surface area contributed by atoms with E-state index in [0.717, 1.165) is 5.56 Å². The Kier molecular flexibility index (Phi) is 9.95. The van der Waals surface area contributed by atoms with Crippen LogP contribution in [0.4, 0.5) is 0 Å². The van der Waals surface area contributed by atoms with Crippen LogP contribution in [0, 0.1) is 0 Å². The number of amides is 2. The normalized spacial score (nSPS) is 12.0. The van der Waals surface area contributed by atoms with Crippen LogP contribution in [0.3, 0.4) is 0 Å². The fourth-order valence-corrected chi connectivity index (χ4v) is 3.43. The first-order chi connectivity index (χ1) is 16.7. The molecule has 2 rings (SSSR count). The van der Waals surface area contributed by atoms with Crippen LogP contribution in [-0.2, 0) is 41.4 Å². The molecule has 0 fully saturated rings. The summed E-state index contributed by atoms with van der Waals surface area (Å²) in [6.07, 6.45) is 0.155. The fraction of sp³-hybridized carbons (Fsp3) is 0.320. The van der Waals surface area contributed by atoms with Gasteiger partial charge >= 0.3 is 17.9 Å². The molecule has 0 aromatic heterocycles. The summed E-state index contributed by atoms with van der Waals surface area (Å²) in [6, 6.07) is 11.3. The average Bonchev–Trinajstić information content (AvgIpc) is 2.86. The van der Waals surface area contributed by atoms with Crippen molar-refractivity contribution in [1.82, 2.24) is 10.6 Å². The zero-order valence-electron chi connectivity index (χ0n) is 20.0. The SMILES string of the molecule is COC(=O)c1ccc(C[C@H](NC(C)=O)C(=O)N[C@@H](Cc2ccccc2)C(=O)OC)cc1C(=O)OC. The maximum absolute atomic E-state index is 13.1. The van der Waals surface area contributed by atoms with Gasteiger partial charge in [0.05, 0.1) is 32.5 Å². The van der Waals surface area contributed by atoms with Crippen molar-refractivity contribution in [2.75, 3.05) is 21.3 Å². The van der Waals surface area contributed by atoms with Gasteiger partial charge in [0.15, 0.2) is 0 Å². The van der Waals surface area contributed by atoms with Crippen LogP contribution in [0.15, 0.2) is 48.5 Å². The van der Waals surface area contributed by atoms with Crippen molar-refractivity contribution in [3.8, 4) is 0 Å². The lowest BCUT2D eigenvalue weighted by molar-refractivity contribution is -0.145. The summed E-state index contributed by atoms with van der Waals surface area (Å²) >= 11 is 0. The smallest absolute Gasteiger partial charge is 0.338 e. The van der Waals surface area contributed by atoms with E-state index in [-0.39, 0.29) is 24.0 Å². The topological polar surface area (TPSA) is 137 Å². The first-order valence-electron chi connectivity index (χ1n) is 10.7. The molecule has 0 saturated heterocycles. The fourth-order valence-electron chi connectivity index (χ4n) is 3.43. The Balaban J connectivity index is 2.30. The highest BCUT2D eigenvalue weighted by Gasteiger charge is 2.28. The van der Waals surface area contributed by atoms with Crippen molar-refractivity contribution in [1.29, 1.82) is 0 Å². The van der Waals surface area contributed by atoms with Gasteiger partial charge in [-0.15, -0.1) is 0 Å². The third kappa shape index (κ3) is 7.66. The summed E-state index contributed by atoms with van der Waals surface area (Å²) in [5, 5.41) is 5.19. The molecule has 35 heavy (non-hydrogen) atoms. The van der Waals surface area contributed by atoms with Gasteiger partial charge in [0.1, 0.15) is 12.1 Å². The molecule has 0 aliphatic rings. The molecule has 0 aliphatic heterocycles. The van der Waals surface area contributed by atoms with E-state index in [1.807, 2.05) is 30.3 Å². The Morgan fingerprint density at radius 1 is 0.714 bits per heavy atom. The van der Waals surface area contributed by atoms with Crippen molar-refractivity contribution >= 4 is 29.7 Å². The lowest BCUT2D eigenvalue weighted by Crippen LogP contribution is -2.53. The van der Waals surface area contributed by atoms with E-state index >= 15 is 0 Å². The van der Waals surface area contributed by atoms with Crippen LogP contribution in [0.5, 0.6) is 0 Å². The number of rotatable bonds is 10. The van der Waals surface area contributed by atoms with Crippen LogP contribution in [0.2, 0.25) is 0 Å². The van der Waals surface area contributed by atoms with E-state index in [4.69, 9.17) is 14.2 Å². The van der Waals surface area contributed by atoms with E-state index in [2.05, 4.69) is 10.6 Å². The minimum atomic E-state index is -1.08. The molecule has 0 radical (unpaired) electrons. The second-order valence-electron chi connectivity index (χ2n) is 7.59. The van der Waals surface area contributed by atoms with Gasteiger partial charge < -0.3 is 24.8 Å². The predicted octanol–water partition coefficient (Wildman–Crippen LogP) is 1.21. The minimum Gasteiger partial charge on any atom is -0.467 e. The van der Waals surface area contributed by atoms with Gasteiger partial charge in [0, 0.05) is 19.8 Å². The maximum atomic E-state index is 13.1. The molecule has 0 heterocycles. The van der Waals surface area contributed by atoms with Crippen LogP contribution in [0.1, 0.15) is 38.8 Å². The molecule has 0 saturated carbocycles. The summed E-state index contributed by atoms with van der Waals surface area (Å²) in [6.45, 7) is 1.25. The lowest BCUT2D eigenvalue weighted by Gasteiger charge is -2.22. The largest absolute Gasteiger partial charge is 0.467 e. The first kappa shape index (κ1) is 27.0. The van der Waals surface area contributed by atoms with Crippen molar-refractivity contribution in [2.45, 2.75) is 31.8 Å². The number of carbonyl (C=O) groups excluding carboxylic acids is 5. The van der Waals surface area contributed by atoms with Crippen molar-refractivity contribution < 1.29 is 38.2 Å². The molecule has 2 N–H and O–H groups in total. The molecule has 0 unspecified atom stereocenters. The van der Waals surface area contributed by atoms with Gasteiger partial charge in [-0.3, -0.25) is 9.59 Å². The molecule has 0 bridgehead atoms. The van der Waals surface area contributed by atoms with E-state index in [1.165, 1.54) is 46.5 Å². The molecular formula is C25H28N2O8. The summed E-state index contributed by atoms with van der Waals surface area (Å²) in [7, 11) is 3.57. The summed E-state index contributed by atoms with van der Waals surface area (Å²) in [5.41, 5.74) is 1.22. The van der Waals surface area contributed by atoms with Gasteiger partial charge in [0.25, 0.3) is 0 Å². The van der Waals surface area contributed by atoms with Crippen LogP contribution < -0.4 is 10.6 Å². The second kappa shape index (κ2) is 12.9. The molecule has 10 heteroatoms.